The fourth-order valence-corrected chi connectivity index (χ4v) is 3.05. The lowest BCUT2D eigenvalue weighted by atomic mass is 10.0. The molecule has 1 atom stereocenters. The molecule has 21 heavy (non-hydrogen) atoms. The van der Waals surface area contributed by atoms with E-state index < -0.39 is 9.84 Å². The Morgan fingerprint density at radius 1 is 1.05 bits per heavy atom. The van der Waals surface area contributed by atoms with Gasteiger partial charge in [-0.2, -0.15) is 0 Å². The zero-order valence-electron chi connectivity index (χ0n) is 13.1. The van der Waals surface area contributed by atoms with Crippen molar-refractivity contribution in [1.29, 1.82) is 0 Å². The van der Waals surface area contributed by atoms with Gasteiger partial charge in [0.1, 0.15) is 0 Å². The fourth-order valence-electron chi connectivity index (χ4n) is 2.42. The largest absolute Gasteiger partial charge is 0.271 e. The van der Waals surface area contributed by atoms with Crippen LogP contribution in [0.3, 0.4) is 0 Å². The van der Waals surface area contributed by atoms with Crippen molar-refractivity contribution < 1.29 is 8.42 Å². The second kappa shape index (κ2) is 9.18. The number of hydrazine groups is 1. The third-order valence-corrected chi connectivity index (χ3v) is 4.89. The van der Waals surface area contributed by atoms with Crippen LogP contribution in [0.15, 0.2) is 29.2 Å². The predicted molar refractivity (Wildman–Crippen MR) is 87.6 cm³/mol. The zero-order chi connectivity index (χ0) is 15.7. The Morgan fingerprint density at radius 3 is 2.14 bits per heavy atom. The van der Waals surface area contributed by atoms with E-state index in [2.05, 4.69) is 12.3 Å². The summed E-state index contributed by atoms with van der Waals surface area (Å²) in [6.45, 7) is 2.22. The van der Waals surface area contributed by atoms with Crippen molar-refractivity contribution >= 4 is 9.84 Å². The van der Waals surface area contributed by atoms with Crippen molar-refractivity contribution in [2.75, 3.05) is 6.26 Å². The summed E-state index contributed by atoms with van der Waals surface area (Å²) >= 11 is 0. The first-order valence-electron chi connectivity index (χ1n) is 7.75. The summed E-state index contributed by atoms with van der Waals surface area (Å²) in [5, 5.41) is 0. The summed E-state index contributed by atoms with van der Waals surface area (Å²) in [5.41, 5.74) is 3.87. The van der Waals surface area contributed by atoms with Crippen LogP contribution < -0.4 is 11.3 Å². The van der Waals surface area contributed by atoms with Gasteiger partial charge in [-0.25, -0.2) is 8.42 Å². The molecule has 1 aromatic carbocycles. The van der Waals surface area contributed by atoms with Crippen LogP contribution in [-0.4, -0.2) is 14.7 Å². The molecule has 0 amide bonds. The van der Waals surface area contributed by atoms with E-state index in [1.165, 1.54) is 38.4 Å². The van der Waals surface area contributed by atoms with E-state index in [0.29, 0.717) is 4.90 Å². The molecule has 5 heteroatoms. The van der Waals surface area contributed by atoms with Crippen molar-refractivity contribution in [3.8, 4) is 0 Å². The Morgan fingerprint density at radius 2 is 1.62 bits per heavy atom. The van der Waals surface area contributed by atoms with E-state index in [9.17, 15) is 8.42 Å². The van der Waals surface area contributed by atoms with E-state index in [1.807, 2.05) is 12.1 Å². The van der Waals surface area contributed by atoms with Crippen molar-refractivity contribution in [2.45, 2.75) is 62.8 Å². The molecular weight excluding hydrogens is 284 g/mol. The van der Waals surface area contributed by atoms with Gasteiger partial charge in [0.15, 0.2) is 9.84 Å². The lowest BCUT2D eigenvalue weighted by Gasteiger charge is -2.16. The minimum Gasteiger partial charge on any atom is -0.271 e. The Bertz CT molecular complexity index is 498. The summed E-state index contributed by atoms with van der Waals surface area (Å²) in [5.74, 6) is 5.62. The maximum atomic E-state index is 11.4. The molecule has 3 N–H and O–H groups in total. The molecule has 0 aromatic heterocycles. The molecule has 0 aliphatic heterocycles. The number of nitrogens with one attached hydrogen (secondary N) is 1. The van der Waals surface area contributed by atoms with E-state index in [-0.39, 0.29) is 6.04 Å². The Kier molecular flexibility index (Phi) is 7.93. The number of hydrogen-bond donors (Lipinski definition) is 2. The molecule has 1 rings (SSSR count). The van der Waals surface area contributed by atoms with Crippen molar-refractivity contribution in [1.82, 2.24) is 5.43 Å². The minimum atomic E-state index is -3.13. The predicted octanol–water partition coefficient (Wildman–Crippen LogP) is 3.35. The third kappa shape index (κ3) is 6.59. The quantitative estimate of drug-likeness (QED) is 0.395. The van der Waals surface area contributed by atoms with Gasteiger partial charge in [0, 0.05) is 12.3 Å². The summed E-state index contributed by atoms with van der Waals surface area (Å²) in [7, 11) is -3.13. The van der Waals surface area contributed by atoms with Crippen LogP contribution in [0, 0.1) is 0 Å². The molecular formula is C16H28N2O2S. The smallest absolute Gasteiger partial charge is 0.175 e. The highest BCUT2D eigenvalue weighted by molar-refractivity contribution is 7.90. The van der Waals surface area contributed by atoms with Crippen LogP contribution >= 0.6 is 0 Å². The first kappa shape index (κ1) is 18.1. The minimum absolute atomic E-state index is 0.0878. The highest BCUT2D eigenvalue weighted by atomic mass is 32.2. The van der Waals surface area contributed by atoms with E-state index in [4.69, 9.17) is 5.84 Å². The molecule has 0 fully saturated rings. The molecule has 0 aliphatic carbocycles. The second-order valence-electron chi connectivity index (χ2n) is 5.62. The van der Waals surface area contributed by atoms with Crippen LogP contribution in [0.1, 0.15) is 63.5 Å². The Balaban J connectivity index is 2.48. The number of benzene rings is 1. The fraction of sp³-hybridized carbons (Fsp3) is 0.625. The Labute approximate surface area is 129 Å². The van der Waals surface area contributed by atoms with Crippen molar-refractivity contribution in [3.63, 3.8) is 0 Å². The maximum Gasteiger partial charge on any atom is 0.175 e. The van der Waals surface area contributed by atoms with Gasteiger partial charge in [-0.05, 0) is 24.1 Å². The molecule has 0 saturated carbocycles. The monoisotopic (exact) mass is 312 g/mol. The molecule has 1 unspecified atom stereocenters. The number of rotatable bonds is 10. The van der Waals surface area contributed by atoms with Crippen LogP contribution in [0.25, 0.3) is 0 Å². The molecule has 0 saturated heterocycles. The highest BCUT2D eigenvalue weighted by Crippen LogP contribution is 2.21. The lowest BCUT2D eigenvalue weighted by Crippen LogP contribution is -2.28. The van der Waals surface area contributed by atoms with Crippen LogP contribution in [0.4, 0.5) is 0 Å². The first-order valence-corrected chi connectivity index (χ1v) is 9.64. The third-order valence-electron chi connectivity index (χ3n) is 3.76. The van der Waals surface area contributed by atoms with Gasteiger partial charge in [-0.15, -0.1) is 0 Å². The average Bonchev–Trinajstić information content (AvgIpc) is 2.46. The zero-order valence-corrected chi connectivity index (χ0v) is 14.0. The number of hydrogen-bond acceptors (Lipinski definition) is 4. The van der Waals surface area contributed by atoms with Crippen LogP contribution in [-0.2, 0) is 9.84 Å². The molecule has 1 aromatic rings. The molecule has 0 heterocycles. The summed E-state index contributed by atoms with van der Waals surface area (Å²) in [4.78, 5) is 0.349. The average molecular weight is 312 g/mol. The Hall–Kier alpha value is -0.910. The number of nitrogens with two attached hydrogens (primary N) is 1. The first-order chi connectivity index (χ1) is 9.99. The molecule has 0 radical (unpaired) electrons. The molecule has 0 spiro atoms. The normalized spacial score (nSPS) is 13.3. The van der Waals surface area contributed by atoms with E-state index >= 15 is 0 Å². The molecule has 0 bridgehead atoms. The number of unbranched alkanes of at least 4 members (excludes halogenated alkanes) is 5. The van der Waals surface area contributed by atoms with Gasteiger partial charge >= 0.3 is 0 Å². The van der Waals surface area contributed by atoms with Gasteiger partial charge in [-0.1, -0.05) is 57.6 Å². The molecule has 4 nitrogen and oxygen atoms in total. The van der Waals surface area contributed by atoms with Crippen molar-refractivity contribution in [3.05, 3.63) is 29.8 Å². The summed E-state index contributed by atoms with van der Waals surface area (Å²) in [6, 6.07) is 7.08. The summed E-state index contributed by atoms with van der Waals surface area (Å²) in [6.07, 6.45) is 9.70. The molecule has 120 valence electrons. The maximum absolute atomic E-state index is 11.4. The van der Waals surface area contributed by atoms with Crippen LogP contribution in [0.2, 0.25) is 0 Å². The summed E-state index contributed by atoms with van der Waals surface area (Å²) < 4.78 is 22.9. The standard InChI is InChI=1S/C16H28N2O2S/c1-3-4-5-6-7-8-9-16(18-17)14-10-12-15(13-11-14)21(2,19)20/h10-13,16,18H,3-9,17H2,1-2H3. The van der Waals surface area contributed by atoms with Crippen LogP contribution in [0.5, 0.6) is 0 Å². The van der Waals surface area contributed by atoms with Gasteiger partial charge < -0.3 is 0 Å². The van der Waals surface area contributed by atoms with E-state index in [0.717, 1.165) is 18.4 Å². The topological polar surface area (TPSA) is 72.2 Å². The molecule has 0 aliphatic rings. The SMILES string of the molecule is CCCCCCCCC(NN)c1ccc(S(C)(=O)=O)cc1. The van der Waals surface area contributed by atoms with Gasteiger partial charge in [0.2, 0.25) is 0 Å². The van der Waals surface area contributed by atoms with Gasteiger partial charge in [0.05, 0.1) is 4.90 Å². The van der Waals surface area contributed by atoms with E-state index in [1.54, 1.807) is 12.1 Å². The van der Waals surface area contributed by atoms with Crippen molar-refractivity contribution in [2.24, 2.45) is 5.84 Å². The van der Waals surface area contributed by atoms with Gasteiger partial charge in [0.25, 0.3) is 0 Å². The lowest BCUT2D eigenvalue weighted by molar-refractivity contribution is 0.477. The van der Waals surface area contributed by atoms with Gasteiger partial charge in [-0.3, -0.25) is 11.3 Å². The second-order valence-corrected chi connectivity index (χ2v) is 7.63. The number of sulfone groups is 1. The highest BCUT2D eigenvalue weighted by Gasteiger charge is 2.11.